The Bertz CT molecular complexity index is 544. The zero-order valence-corrected chi connectivity index (χ0v) is 10.7. The molecular weight excluding hydrogens is 254 g/mol. The summed E-state index contributed by atoms with van der Waals surface area (Å²) < 4.78 is 4.96. The van der Waals surface area contributed by atoms with Crippen molar-refractivity contribution in [2.24, 2.45) is 5.41 Å². The van der Waals surface area contributed by atoms with Crippen molar-refractivity contribution in [3.05, 3.63) is 33.9 Å². The molecular formula is C12H13NO6. The maximum atomic E-state index is 11.7. The van der Waals surface area contributed by atoms with Gasteiger partial charge in [0.2, 0.25) is 0 Å². The normalized spacial score (nSPS) is 10.9. The van der Waals surface area contributed by atoms with Crippen LogP contribution in [0.2, 0.25) is 0 Å². The van der Waals surface area contributed by atoms with Crippen LogP contribution < -0.4 is 4.74 Å². The van der Waals surface area contributed by atoms with Gasteiger partial charge in [0, 0.05) is 12.1 Å². The minimum atomic E-state index is -1.40. The number of nitrogens with zero attached hydrogens (tertiary/aromatic N) is 1. The molecule has 19 heavy (non-hydrogen) atoms. The van der Waals surface area contributed by atoms with Crippen LogP contribution in [0.1, 0.15) is 31.1 Å². The van der Waals surface area contributed by atoms with Gasteiger partial charge < -0.3 is 9.84 Å². The number of hydrogen-bond acceptors (Lipinski definition) is 5. The number of carbonyl (C=O) groups excluding carboxylic acids is 1. The lowest BCUT2D eigenvalue weighted by Crippen LogP contribution is -2.26. The van der Waals surface area contributed by atoms with Crippen molar-refractivity contribution >= 4 is 17.6 Å². The lowest BCUT2D eigenvalue weighted by molar-refractivity contribution is -0.384. The Kier molecular flexibility index (Phi) is 3.89. The number of aromatic carboxylic acids is 1. The minimum Gasteiger partial charge on any atom is -0.478 e. The van der Waals surface area contributed by atoms with Crippen LogP contribution in [0.15, 0.2) is 18.2 Å². The highest BCUT2D eigenvalue weighted by Crippen LogP contribution is 2.26. The first-order chi connectivity index (χ1) is 8.62. The van der Waals surface area contributed by atoms with Crippen LogP contribution in [0.5, 0.6) is 5.75 Å². The Morgan fingerprint density at radius 1 is 1.32 bits per heavy atom. The average Bonchev–Trinajstić information content (AvgIpc) is 2.27. The largest absolute Gasteiger partial charge is 0.478 e. The summed E-state index contributed by atoms with van der Waals surface area (Å²) >= 11 is 0. The smallest absolute Gasteiger partial charge is 0.339 e. The predicted molar refractivity (Wildman–Crippen MR) is 65.1 cm³/mol. The van der Waals surface area contributed by atoms with Crippen LogP contribution in [-0.4, -0.2) is 22.0 Å². The highest BCUT2D eigenvalue weighted by atomic mass is 16.6. The summed E-state index contributed by atoms with van der Waals surface area (Å²) in [7, 11) is 0. The summed E-state index contributed by atoms with van der Waals surface area (Å²) in [6.45, 7) is 4.84. The van der Waals surface area contributed by atoms with E-state index in [1.54, 1.807) is 20.8 Å². The van der Waals surface area contributed by atoms with Gasteiger partial charge in [0.15, 0.2) is 0 Å². The number of ether oxygens (including phenoxy) is 1. The van der Waals surface area contributed by atoms with Gasteiger partial charge in [-0.15, -0.1) is 0 Å². The number of nitro benzene ring substituents is 1. The fourth-order valence-corrected chi connectivity index (χ4v) is 1.14. The number of hydrogen-bond donors (Lipinski definition) is 1. The number of rotatable bonds is 3. The molecule has 7 nitrogen and oxygen atoms in total. The Morgan fingerprint density at radius 2 is 1.89 bits per heavy atom. The lowest BCUT2D eigenvalue weighted by atomic mass is 9.97. The van der Waals surface area contributed by atoms with Crippen LogP contribution in [0, 0.1) is 15.5 Å². The number of carbonyl (C=O) groups is 2. The highest BCUT2D eigenvalue weighted by Gasteiger charge is 2.26. The van der Waals surface area contributed by atoms with Crippen molar-refractivity contribution in [2.45, 2.75) is 20.8 Å². The summed E-state index contributed by atoms with van der Waals surface area (Å²) in [6, 6.07) is 3.04. The topological polar surface area (TPSA) is 107 Å². The van der Waals surface area contributed by atoms with E-state index in [9.17, 15) is 19.7 Å². The third-order valence-electron chi connectivity index (χ3n) is 2.22. The molecule has 0 saturated heterocycles. The predicted octanol–water partition coefficient (Wildman–Crippen LogP) is 2.24. The number of carboxylic acids is 1. The molecule has 0 aromatic heterocycles. The van der Waals surface area contributed by atoms with Gasteiger partial charge in [0.05, 0.1) is 10.3 Å². The first-order valence-corrected chi connectivity index (χ1v) is 5.37. The molecule has 102 valence electrons. The van der Waals surface area contributed by atoms with Crippen molar-refractivity contribution in [2.75, 3.05) is 0 Å². The number of carboxylic acid groups (broad SMARTS) is 1. The van der Waals surface area contributed by atoms with Crippen molar-refractivity contribution < 1.29 is 24.4 Å². The van der Waals surface area contributed by atoms with Crippen LogP contribution in [0.3, 0.4) is 0 Å². The standard InChI is InChI=1S/C12H13NO6/c1-12(2,3)11(16)19-9-5-4-7(13(17)18)6-8(9)10(14)15/h4-6H,1-3H3,(H,14,15). The SMILES string of the molecule is CC(C)(C)C(=O)Oc1ccc([N+](=O)[O-])cc1C(=O)O. The molecule has 0 aliphatic heterocycles. The Morgan fingerprint density at radius 3 is 2.32 bits per heavy atom. The van der Waals surface area contributed by atoms with Gasteiger partial charge in [-0.05, 0) is 26.8 Å². The second-order valence-electron chi connectivity index (χ2n) is 4.88. The summed E-state index contributed by atoms with van der Waals surface area (Å²) in [5, 5.41) is 19.5. The minimum absolute atomic E-state index is 0.210. The van der Waals surface area contributed by atoms with Crippen molar-refractivity contribution in [3.63, 3.8) is 0 Å². The van der Waals surface area contributed by atoms with Crippen LogP contribution in [0.25, 0.3) is 0 Å². The maximum absolute atomic E-state index is 11.7. The second-order valence-corrected chi connectivity index (χ2v) is 4.88. The Labute approximate surface area is 109 Å². The van der Waals surface area contributed by atoms with Crippen molar-refractivity contribution in [3.8, 4) is 5.75 Å². The summed E-state index contributed by atoms with van der Waals surface area (Å²) in [5.41, 5.74) is -1.61. The number of benzene rings is 1. The van der Waals surface area contributed by atoms with Gasteiger partial charge in [-0.3, -0.25) is 14.9 Å². The van der Waals surface area contributed by atoms with E-state index in [-0.39, 0.29) is 11.4 Å². The molecule has 0 bridgehead atoms. The third-order valence-corrected chi connectivity index (χ3v) is 2.22. The highest BCUT2D eigenvalue weighted by molar-refractivity contribution is 5.93. The summed E-state index contributed by atoms with van der Waals surface area (Å²) in [4.78, 5) is 32.5. The third kappa shape index (κ3) is 3.51. The van der Waals surface area contributed by atoms with E-state index in [4.69, 9.17) is 9.84 Å². The van der Waals surface area contributed by atoms with Gasteiger partial charge in [0.1, 0.15) is 11.3 Å². The maximum Gasteiger partial charge on any atom is 0.339 e. The molecule has 0 amide bonds. The molecule has 0 saturated carbocycles. The lowest BCUT2D eigenvalue weighted by Gasteiger charge is -2.17. The molecule has 0 radical (unpaired) electrons. The van der Waals surface area contributed by atoms with E-state index in [0.717, 1.165) is 18.2 Å². The molecule has 1 aromatic carbocycles. The Hall–Kier alpha value is -2.44. The molecule has 0 fully saturated rings. The van der Waals surface area contributed by atoms with Gasteiger partial charge in [-0.2, -0.15) is 0 Å². The summed E-state index contributed by atoms with van der Waals surface area (Å²) in [6.07, 6.45) is 0. The molecule has 1 rings (SSSR count). The molecule has 1 N–H and O–H groups in total. The first-order valence-electron chi connectivity index (χ1n) is 5.37. The first kappa shape index (κ1) is 14.6. The van der Waals surface area contributed by atoms with E-state index in [0.29, 0.717) is 0 Å². The van der Waals surface area contributed by atoms with Crippen LogP contribution >= 0.6 is 0 Å². The van der Waals surface area contributed by atoms with Crippen molar-refractivity contribution in [1.29, 1.82) is 0 Å². The van der Waals surface area contributed by atoms with Gasteiger partial charge in [-0.25, -0.2) is 4.79 Å². The Balaban J connectivity index is 3.18. The molecule has 7 heteroatoms. The van der Waals surface area contributed by atoms with E-state index in [1.807, 2.05) is 0 Å². The number of non-ortho nitro benzene ring substituents is 1. The van der Waals surface area contributed by atoms with Crippen LogP contribution in [-0.2, 0) is 4.79 Å². The zero-order chi connectivity index (χ0) is 14.8. The molecule has 0 spiro atoms. The van der Waals surface area contributed by atoms with Gasteiger partial charge >= 0.3 is 11.9 Å². The van der Waals surface area contributed by atoms with E-state index in [2.05, 4.69) is 0 Å². The van der Waals surface area contributed by atoms with E-state index in [1.165, 1.54) is 0 Å². The van der Waals surface area contributed by atoms with E-state index < -0.39 is 27.8 Å². The monoisotopic (exact) mass is 267 g/mol. The summed E-state index contributed by atoms with van der Waals surface area (Å²) in [5.74, 6) is -2.23. The van der Waals surface area contributed by atoms with E-state index >= 15 is 0 Å². The average molecular weight is 267 g/mol. The number of esters is 1. The molecule has 0 heterocycles. The molecule has 0 unspecified atom stereocenters. The van der Waals surface area contributed by atoms with Gasteiger partial charge in [0.25, 0.3) is 5.69 Å². The van der Waals surface area contributed by atoms with Gasteiger partial charge in [-0.1, -0.05) is 0 Å². The quantitative estimate of drug-likeness (QED) is 0.389. The number of nitro groups is 1. The van der Waals surface area contributed by atoms with Crippen LogP contribution in [0.4, 0.5) is 5.69 Å². The van der Waals surface area contributed by atoms with Crippen molar-refractivity contribution in [1.82, 2.24) is 0 Å². The zero-order valence-electron chi connectivity index (χ0n) is 10.7. The second kappa shape index (κ2) is 5.05. The fourth-order valence-electron chi connectivity index (χ4n) is 1.14. The molecule has 0 atom stereocenters. The molecule has 1 aromatic rings. The molecule has 0 aliphatic rings. The molecule has 0 aliphatic carbocycles. The fraction of sp³-hybridized carbons (Fsp3) is 0.333.